The Kier molecular flexibility index (Phi) is 6.26. The zero-order valence-electron chi connectivity index (χ0n) is 18.8. The number of ether oxygens (including phenoxy) is 1. The maximum absolute atomic E-state index is 13.1. The largest absolute Gasteiger partial charge is 0.480 e. The van der Waals surface area contributed by atoms with E-state index in [-0.39, 0.29) is 11.3 Å². The number of sulfonamides is 1. The van der Waals surface area contributed by atoms with Crippen LogP contribution in [-0.4, -0.2) is 30.0 Å². The van der Waals surface area contributed by atoms with E-state index in [4.69, 9.17) is 16.3 Å². The van der Waals surface area contributed by atoms with Crippen LogP contribution < -0.4 is 9.46 Å². The normalized spacial score (nSPS) is 19.0. The number of hydrogen-bond donors (Lipinski definition) is 2. The number of rotatable bonds is 8. The molecule has 36 heavy (non-hydrogen) atoms. The summed E-state index contributed by atoms with van der Waals surface area (Å²) in [4.78, 5) is 16.2. The molecule has 0 amide bonds. The number of aliphatic carboxylic acids is 1. The Labute approximate surface area is 213 Å². The summed E-state index contributed by atoms with van der Waals surface area (Å²) < 4.78 is 34.5. The van der Waals surface area contributed by atoms with E-state index < -0.39 is 27.4 Å². The van der Waals surface area contributed by atoms with Crippen molar-refractivity contribution >= 4 is 27.6 Å². The summed E-state index contributed by atoms with van der Waals surface area (Å²) in [6.45, 7) is 0. The smallest absolute Gasteiger partial charge is 0.325 e. The zero-order valence-corrected chi connectivity index (χ0v) is 20.4. The van der Waals surface area contributed by atoms with Crippen molar-refractivity contribution in [1.29, 1.82) is 0 Å². The van der Waals surface area contributed by atoms with Crippen molar-refractivity contribution in [2.45, 2.75) is 22.8 Å². The molecule has 9 heteroatoms. The highest BCUT2D eigenvalue weighted by Crippen LogP contribution is 2.53. The maximum Gasteiger partial charge on any atom is 0.325 e. The predicted molar refractivity (Wildman–Crippen MR) is 136 cm³/mol. The van der Waals surface area contributed by atoms with E-state index in [1.54, 1.807) is 73.1 Å². The molecule has 1 saturated carbocycles. The first kappa shape index (κ1) is 24.0. The van der Waals surface area contributed by atoms with Crippen LogP contribution in [0.1, 0.15) is 17.9 Å². The van der Waals surface area contributed by atoms with Gasteiger partial charge in [0, 0.05) is 17.1 Å². The SMILES string of the molecule is O=C(O)[C@@]1(NS(=O)(=O)c2ccc(-c3ccc(Cl)cc3)cc2)C[C@H]1c1cccc(Oc2cccnc2)c1. The molecule has 182 valence electrons. The van der Waals surface area contributed by atoms with Crippen molar-refractivity contribution in [2.75, 3.05) is 0 Å². The van der Waals surface area contributed by atoms with Crippen LogP contribution in [0.3, 0.4) is 0 Å². The molecular weight excluding hydrogens is 500 g/mol. The number of benzene rings is 3. The molecule has 0 saturated heterocycles. The lowest BCUT2D eigenvalue weighted by Crippen LogP contribution is -2.44. The van der Waals surface area contributed by atoms with Gasteiger partial charge in [0.05, 0.1) is 11.1 Å². The second-order valence-corrected chi connectivity index (χ2v) is 10.7. The molecule has 0 radical (unpaired) electrons. The number of aromatic nitrogens is 1. The van der Waals surface area contributed by atoms with Crippen molar-refractivity contribution < 1.29 is 23.1 Å². The van der Waals surface area contributed by atoms with Gasteiger partial charge in [-0.15, -0.1) is 0 Å². The van der Waals surface area contributed by atoms with Crippen LogP contribution in [0.4, 0.5) is 0 Å². The highest BCUT2D eigenvalue weighted by atomic mass is 35.5. The molecule has 1 aliphatic carbocycles. The summed E-state index contributed by atoms with van der Waals surface area (Å²) in [6, 6.07) is 23.9. The van der Waals surface area contributed by atoms with Gasteiger partial charge >= 0.3 is 5.97 Å². The van der Waals surface area contributed by atoms with E-state index in [1.807, 2.05) is 12.1 Å². The first-order valence-corrected chi connectivity index (χ1v) is 12.9. The van der Waals surface area contributed by atoms with Crippen LogP contribution in [0.2, 0.25) is 5.02 Å². The third kappa shape index (κ3) is 4.83. The molecule has 1 heterocycles. The van der Waals surface area contributed by atoms with Gasteiger partial charge in [-0.25, -0.2) is 8.42 Å². The van der Waals surface area contributed by atoms with E-state index in [0.717, 1.165) is 11.1 Å². The molecule has 1 fully saturated rings. The number of hydrogen-bond acceptors (Lipinski definition) is 5. The Morgan fingerprint density at radius 1 is 0.972 bits per heavy atom. The molecule has 1 aromatic heterocycles. The fraction of sp³-hybridized carbons (Fsp3) is 0.111. The van der Waals surface area contributed by atoms with E-state index in [1.165, 1.54) is 12.1 Å². The van der Waals surface area contributed by atoms with Crippen molar-refractivity contribution in [3.8, 4) is 22.6 Å². The first-order valence-electron chi connectivity index (χ1n) is 11.1. The van der Waals surface area contributed by atoms with Crippen molar-refractivity contribution in [3.63, 3.8) is 0 Å². The van der Waals surface area contributed by atoms with Crippen molar-refractivity contribution in [1.82, 2.24) is 9.71 Å². The number of pyridine rings is 1. The summed E-state index contributed by atoms with van der Waals surface area (Å²) in [7, 11) is -4.10. The van der Waals surface area contributed by atoms with Gasteiger partial charge < -0.3 is 9.84 Å². The second kappa shape index (κ2) is 9.39. The number of carbonyl (C=O) groups is 1. The third-order valence-electron chi connectivity index (χ3n) is 6.13. The number of nitrogens with one attached hydrogen (secondary N) is 1. The van der Waals surface area contributed by atoms with Gasteiger partial charge in [0.1, 0.15) is 17.0 Å². The summed E-state index contributed by atoms with van der Waals surface area (Å²) in [5.41, 5.74) is 0.725. The van der Waals surface area contributed by atoms with Crippen LogP contribution in [0.25, 0.3) is 11.1 Å². The number of nitrogens with zero attached hydrogens (tertiary/aromatic N) is 1. The van der Waals surface area contributed by atoms with E-state index in [0.29, 0.717) is 22.1 Å². The number of carboxylic acid groups (broad SMARTS) is 1. The summed E-state index contributed by atoms with van der Waals surface area (Å²) in [5, 5.41) is 10.6. The molecule has 0 unspecified atom stereocenters. The van der Waals surface area contributed by atoms with E-state index in [2.05, 4.69) is 9.71 Å². The lowest BCUT2D eigenvalue weighted by molar-refractivity contribution is -0.140. The highest BCUT2D eigenvalue weighted by Gasteiger charge is 2.63. The quantitative estimate of drug-likeness (QED) is 0.318. The summed E-state index contributed by atoms with van der Waals surface area (Å²) in [6.07, 6.45) is 3.32. The fourth-order valence-corrected chi connectivity index (χ4v) is 5.69. The van der Waals surface area contributed by atoms with Gasteiger partial charge in [-0.2, -0.15) is 4.72 Å². The first-order chi connectivity index (χ1) is 17.3. The lowest BCUT2D eigenvalue weighted by atomic mass is 10.1. The van der Waals surface area contributed by atoms with Gasteiger partial charge in [0.15, 0.2) is 0 Å². The minimum Gasteiger partial charge on any atom is -0.480 e. The molecule has 2 atom stereocenters. The molecule has 0 spiro atoms. The minimum absolute atomic E-state index is 0.0137. The fourth-order valence-electron chi connectivity index (χ4n) is 4.16. The Bertz CT molecular complexity index is 1510. The average Bonchev–Trinajstić information content (AvgIpc) is 3.60. The zero-order chi connectivity index (χ0) is 25.3. The summed E-state index contributed by atoms with van der Waals surface area (Å²) in [5.74, 6) is -0.729. The maximum atomic E-state index is 13.1. The molecule has 1 aliphatic rings. The Balaban J connectivity index is 1.36. The van der Waals surface area contributed by atoms with Gasteiger partial charge in [0.2, 0.25) is 10.0 Å². The Morgan fingerprint density at radius 2 is 1.64 bits per heavy atom. The molecular formula is C27H21ClN2O5S. The second-order valence-electron chi connectivity index (χ2n) is 8.53. The molecule has 0 aliphatic heterocycles. The third-order valence-corrected chi connectivity index (χ3v) is 7.91. The highest BCUT2D eigenvalue weighted by molar-refractivity contribution is 7.89. The van der Waals surface area contributed by atoms with Gasteiger partial charge in [-0.1, -0.05) is 48.0 Å². The molecule has 4 aromatic rings. The number of carboxylic acids is 1. The van der Waals surface area contributed by atoms with Gasteiger partial charge in [-0.05, 0) is 71.6 Å². The van der Waals surface area contributed by atoms with E-state index >= 15 is 0 Å². The van der Waals surface area contributed by atoms with Crippen LogP contribution >= 0.6 is 11.6 Å². The molecule has 0 bridgehead atoms. The van der Waals surface area contributed by atoms with Crippen molar-refractivity contribution in [3.05, 3.63) is 108 Å². The Morgan fingerprint density at radius 3 is 2.28 bits per heavy atom. The lowest BCUT2D eigenvalue weighted by Gasteiger charge is -2.16. The van der Waals surface area contributed by atoms with Crippen LogP contribution in [0.15, 0.2) is 102 Å². The minimum atomic E-state index is -4.10. The standard InChI is InChI=1S/C27H21ClN2O5S/c28-21-10-6-18(7-11-21)19-8-12-24(13-9-19)36(33,34)30-27(26(31)32)16-25(27)20-3-1-4-22(15-20)35-23-5-2-14-29-17-23/h1-15,17,25,30H,16H2,(H,31,32)/t25-,27+/m0/s1. The average molecular weight is 521 g/mol. The van der Waals surface area contributed by atoms with E-state index in [9.17, 15) is 18.3 Å². The van der Waals surface area contributed by atoms with Crippen LogP contribution in [-0.2, 0) is 14.8 Å². The van der Waals surface area contributed by atoms with Crippen molar-refractivity contribution in [2.24, 2.45) is 0 Å². The van der Waals surface area contributed by atoms with Gasteiger partial charge in [0.25, 0.3) is 0 Å². The molecule has 2 N–H and O–H groups in total. The number of halogens is 1. The van der Waals surface area contributed by atoms with Crippen LogP contribution in [0.5, 0.6) is 11.5 Å². The molecule has 5 rings (SSSR count). The molecule has 7 nitrogen and oxygen atoms in total. The molecule has 3 aromatic carbocycles. The Hall–Kier alpha value is -3.72. The topological polar surface area (TPSA) is 106 Å². The predicted octanol–water partition coefficient (Wildman–Crippen LogP) is 5.48. The monoisotopic (exact) mass is 520 g/mol. The summed E-state index contributed by atoms with van der Waals surface area (Å²) >= 11 is 5.93. The van der Waals surface area contributed by atoms with Gasteiger partial charge in [-0.3, -0.25) is 9.78 Å². The van der Waals surface area contributed by atoms with Crippen LogP contribution in [0, 0.1) is 0 Å².